The molecule has 7 heteroatoms. The molecule has 1 fully saturated rings. The summed E-state index contributed by atoms with van der Waals surface area (Å²) in [4.78, 5) is 14.7. The van der Waals surface area contributed by atoms with Crippen molar-refractivity contribution >= 4 is 20.1 Å². The van der Waals surface area contributed by atoms with Gasteiger partial charge in [-0.15, -0.1) is 0 Å². The van der Waals surface area contributed by atoms with Gasteiger partial charge in [-0.2, -0.15) is 0 Å². The molecular formula is C20H34N2O4Si. The smallest absolute Gasteiger partial charge is 0.407 e. The molecule has 0 aliphatic carbocycles. The minimum atomic E-state index is -1.78. The zero-order valence-corrected chi connectivity index (χ0v) is 18.5. The first-order valence-electron chi connectivity index (χ1n) is 9.63. The number of hydrogen-bond acceptors (Lipinski definition) is 4. The third-order valence-electron chi connectivity index (χ3n) is 5.54. The maximum atomic E-state index is 11.0. The molecule has 0 saturated carbocycles. The van der Waals surface area contributed by atoms with E-state index in [2.05, 4.69) is 45.7 Å². The maximum absolute atomic E-state index is 11.0. The van der Waals surface area contributed by atoms with E-state index in [9.17, 15) is 4.79 Å². The van der Waals surface area contributed by atoms with Gasteiger partial charge in [-0.3, -0.25) is 0 Å². The van der Waals surface area contributed by atoms with Crippen molar-refractivity contribution in [3.63, 3.8) is 0 Å². The Morgan fingerprint density at radius 3 is 2.19 bits per heavy atom. The highest BCUT2D eigenvalue weighted by Crippen LogP contribution is 2.37. The third kappa shape index (κ3) is 5.87. The van der Waals surface area contributed by atoms with Crippen LogP contribution in [0.5, 0.6) is 5.75 Å². The number of amides is 1. The van der Waals surface area contributed by atoms with Gasteiger partial charge in [0.1, 0.15) is 12.4 Å². The maximum Gasteiger partial charge on any atom is 0.407 e. The summed E-state index contributed by atoms with van der Waals surface area (Å²) in [5.74, 6) is 0.827. The summed E-state index contributed by atoms with van der Waals surface area (Å²) in [5, 5.41) is 9.22. The van der Waals surface area contributed by atoms with Gasteiger partial charge in [-0.1, -0.05) is 20.8 Å². The van der Waals surface area contributed by atoms with Gasteiger partial charge < -0.3 is 24.1 Å². The van der Waals surface area contributed by atoms with Crippen molar-refractivity contribution in [1.82, 2.24) is 4.90 Å². The number of piperazine rings is 1. The number of nitrogens with zero attached hydrogens (tertiary/aromatic N) is 2. The molecule has 6 nitrogen and oxygen atoms in total. The third-order valence-corrected chi connectivity index (χ3v) is 10.1. The second-order valence-electron chi connectivity index (χ2n) is 8.75. The number of hydrogen-bond donors (Lipinski definition) is 1. The number of benzene rings is 1. The summed E-state index contributed by atoms with van der Waals surface area (Å²) in [6.07, 6.45) is -0.790. The van der Waals surface area contributed by atoms with E-state index in [1.165, 1.54) is 4.90 Å². The van der Waals surface area contributed by atoms with Crippen LogP contribution in [-0.4, -0.2) is 63.3 Å². The minimum absolute atomic E-state index is 0.0506. The Morgan fingerprint density at radius 1 is 1.15 bits per heavy atom. The molecule has 152 valence electrons. The second kappa shape index (κ2) is 8.52. The molecular weight excluding hydrogens is 360 g/mol. The normalized spacial score (nSPS) is 17.0. The fourth-order valence-electron chi connectivity index (χ4n) is 2.84. The zero-order chi connectivity index (χ0) is 20.2. The van der Waals surface area contributed by atoms with Crippen LogP contribution in [0.3, 0.4) is 0 Å². The van der Waals surface area contributed by atoms with Gasteiger partial charge in [-0.05, 0) is 49.3 Å². The Balaban J connectivity index is 1.83. The van der Waals surface area contributed by atoms with Gasteiger partial charge in [0.2, 0.25) is 0 Å². The van der Waals surface area contributed by atoms with Crippen molar-refractivity contribution < 1.29 is 19.1 Å². The quantitative estimate of drug-likeness (QED) is 0.730. The largest absolute Gasteiger partial charge is 0.491 e. The fraction of sp³-hybridized carbons (Fsp3) is 0.650. The summed E-state index contributed by atoms with van der Waals surface area (Å²) >= 11 is 0. The van der Waals surface area contributed by atoms with E-state index in [0.29, 0.717) is 32.8 Å². The Morgan fingerprint density at radius 2 is 1.70 bits per heavy atom. The van der Waals surface area contributed by atoms with E-state index < -0.39 is 14.4 Å². The molecule has 0 radical (unpaired) electrons. The van der Waals surface area contributed by atoms with Crippen molar-refractivity contribution in [3.8, 4) is 5.75 Å². The van der Waals surface area contributed by atoms with E-state index in [-0.39, 0.29) is 11.1 Å². The van der Waals surface area contributed by atoms with Crippen LogP contribution >= 0.6 is 0 Å². The second-order valence-corrected chi connectivity index (χ2v) is 13.5. The highest BCUT2D eigenvalue weighted by molar-refractivity contribution is 6.74. The van der Waals surface area contributed by atoms with Crippen molar-refractivity contribution in [2.75, 3.05) is 37.7 Å². The summed E-state index contributed by atoms with van der Waals surface area (Å²) in [6, 6.07) is 8.01. The Kier molecular flexibility index (Phi) is 6.81. The first-order chi connectivity index (χ1) is 12.5. The van der Waals surface area contributed by atoms with Crippen molar-refractivity contribution in [3.05, 3.63) is 24.3 Å². The van der Waals surface area contributed by atoms with Crippen LogP contribution < -0.4 is 9.64 Å². The predicted molar refractivity (Wildman–Crippen MR) is 111 cm³/mol. The molecule has 1 aromatic carbocycles. The van der Waals surface area contributed by atoms with Gasteiger partial charge in [0.25, 0.3) is 0 Å². The highest BCUT2D eigenvalue weighted by Gasteiger charge is 2.38. The minimum Gasteiger partial charge on any atom is -0.491 e. The lowest BCUT2D eigenvalue weighted by Gasteiger charge is -2.38. The highest BCUT2D eigenvalue weighted by atomic mass is 28.4. The van der Waals surface area contributed by atoms with Crippen LogP contribution in [0.25, 0.3) is 0 Å². The van der Waals surface area contributed by atoms with Crippen LogP contribution in [0.2, 0.25) is 18.1 Å². The number of carboxylic acid groups (broad SMARTS) is 1. The summed E-state index contributed by atoms with van der Waals surface area (Å²) < 4.78 is 12.2. The monoisotopic (exact) mass is 394 g/mol. The Labute approximate surface area is 164 Å². The first-order valence-corrected chi connectivity index (χ1v) is 12.5. The van der Waals surface area contributed by atoms with Crippen LogP contribution in [0.15, 0.2) is 24.3 Å². The molecule has 1 aliphatic heterocycles. The van der Waals surface area contributed by atoms with Crippen LogP contribution in [0, 0.1) is 0 Å². The molecule has 2 rings (SSSR count). The lowest BCUT2D eigenvalue weighted by Crippen LogP contribution is -2.48. The SMILES string of the molecule is CC(COc1ccc(N2CCN(C(=O)O)CC2)cc1)O[Si](C)(C)C(C)(C)C. The molecule has 1 atom stereocenters. The Bertz CT molecular complexity index is 620. The standard InChI is InChI=1S/C20H34N2O4Si/c1-16(26-27(5,6)20(2,3)4)15-25-18-9-7-17(8-10-18)21-11-13-22(14-12-21)19(23)24/h7-10,16H,11-15H2,1-6H3,(H,23,24). The van der Waals surface area contributed by atoms with Crippen molar-refractivity contribution in [1.29, 1.82) is 0 Å². The molecule has 0 aromatic heterocycles. The molecule has 0 spiro atoms. The number of rotatable bonds is 6. The molecule has 1 aromatic rings. The lowest BCUT2D eigenvalue weighted by molar-refractivity contribution is 0.129. The predicted octanol–water partition coefficient (Wildman–Crippen LogP) is 4.28. The topological polar surface area (TPSA) is 62.2 Å². The summed E-state index contributed by atoms with van der Waals surface area (Å²) in [5.41, 5.74) is 1.10. The van der Waals surface area contributed by atoms with Crippen LogP contribution in [0.1, 0.15) is 27.7 Å². The van der Waals surface area contributed by atoms with Crippen molar-refractivity contribution in [2.45, 2.75) is 51.9 Å². The van der Waals surface area contributed by atoms with E-state index >= 15 is 0 Å². The Hall–Kier alpha value is -1.73. The van der Waals surface area contributed by atoms with E-state index in [0.717, 1.165) is 11.4 Å². The zero-order valence-electron chi connectivity index (χ0n) is 17.5. The van der Waals surface area contributed by atoms with E-state index in [1.807, 2.05) is 24.3 Å². The van der Waals surface area contributed by atoms with Gasteiger partial charge in [0.05, 0.1) is 6.10 Å². The molecule has 1 unspecified atom stereocenters. The van der Waals surface area contributed by atoms with Crippen LogP contribution in [0.4, 0.5) is 10.5 Å². The number of anilines is 1. The molecule has 0 bridgehead atoms. The van der Waals surface area contributed by atoms with Gasteiger partial charge >= 0.3 is 6.09 Å². The summed E-state index contributed by atoms with van der Waals surface area (Å²) in [7, 11) is -1.78. The molecule has 1 heterocycles. The molecule has 27 heavy (non-hydrogen) atoms. The molecule has 1 aliphatic rings. The van der Waals surface area contributed by atoms with Gasteiger partial charge in [-0.25, -0.2) is 4.79 Å². The molecule has 1 saturated heterocycles. The first kappa shape index (κ1) is 21.6. The van der Waals surface area contributed by atoms with Crippen LogP contribution in [-0.2, 0) is 4.43 Å². The fourth-order valence-corrected chi connectivity index (χ4v) is 4.26. The average Bonchev–Trinajstić information content (AvgIpc) is 2.59. The summed E-state index contributed by atoms with van der Waals surface area (Å²) in [6.45, 7) is 16.3. The molecule has 1 amide bonds. The molecule has 1 N–H and O–H groups in total. The van der Waals surface area contributed by atoms with Crippen molar-refractivity contribution in [2.24, 2.45) is 0 Å². The lowest BCUT2D eigenvalue weighted by atomic mass is 10.2. The number of carbonyl (C=O) groups is 1. The van der Waals surface area contributed by atoms with E-state index in [4.69, 9.17) is 14.3 Å². The van der Waals surface area contributed by atoms with E-state index in [1.54, 1.807) is 0 Å². The van der Waals surface area contributed by atoms with Gasteiger partial charge in [0, 0.05) is 31.9 Å². The number of ether oxygens (including phenoxy) is 1. The average molecular weight is 395 g/mol. The van der Waals surface area contributed by atoms with Gasteiger partial charge in [0.15, 0.2) is 8.32 Å².